The summed E-state index contributed by atoms with van der Waals surface area (Å²) < 4.78 is 14.0. The van der Waals surface area contributed by atoms with Crippen LogP contribution >= 0.6 is 11.6 Å². The Morgan fingerprint density at radius 1 is 1.00 bits per heavy atom. The maximum atomic E-state index is 14.0. The Morgan fingerprint density at radius 2 is 1.70 bits per heavy atom. The van der Waals surface area contributed by atoms with E-state index in [0.29, 0.717) is 30.2 Å². The minimum absolute atomic E-state index is 0.000188. The fraction of sp³-hybridized carbons (Fsp3) is 0.350. The molecule has 0 aliphatic carbocycles. The van der Waals surface area contributed by atoms with Crippen LogP contribution in [0.3, 0.4) is 0 Å². The predicted octanol–water partition coefficient (Wildman–Crippen LogP) is 2.74. The van der Waals surface area contributed by atoms with Gasteiger partial charge in [-0.05, 0) is 23.8 Å². The molecule has 0 bridgehead atoms. The van der Waals surface area contributed by atoms with Gasteiger partial charge in [0.15, 0.2) is 0 Å². The molecule has 5 nitrogen and oxygen atoms in total. The van der Waals surface area contributed by atoms with E-state index in [1.165, 1.54) is 6.07 Å². The minimum atomic E-state index is -0.254. The van der Waals surface area contributed by atoms with E-state index in [-0.39, 0.29) is 24.1 Å². The highest BCUT2D eigenvalue weighted by Crippen LogP contribution is 2.28. The van der Waals surface area contributed by atoms with Crippen LogP contribution in [0.1, 0.15) is 18.0 Å². The van der Waals surface area contributed by atoms with Crippen LogP contribution in [0.4, 0.5) is 10.1 Å². The van der Waals surface area contributed by atoms with Gasteiger partial charge in [0.2, 0.25) is 5.91 Å². The summed E-state index contributed by atoms with van der Waals surface area (Å²) in [5, 5.41) is 7.17. The van der Waals surface area contributed by atoms with Crippen molar-refractivity contribution in [2.45, 2.75) is 18.8 Å². The zero-order valence-corrected chi connectivity index (χ0v) is 15.6. The van der Waals surface area contributed by atoms with Crippen molar-refractivity contribution < 1.29 is 9.18 Å². The SMILES string of the molecule is O=C1CC(c2ccccc2Cl)NC(N2CCN(c3ccccc3F)CC2)N1. The molecule has 2 aliphatic heterocycles. The van der Waals surface area contributed by atoms with E-state index in [9.17, 15) is 9.18 Å². The topological polar surface area (TPSA) is 47.6 Å². The maximum Gasteiger partial charge on any atom is 0.224 e. The third kappa shape index (κ3) is 3.93. The number of anilines is 1. The third-order valence-corrected chi connectivity index (χ3v) is 5.54. The summed E-state index contributed by atoms with van der Waals surface area (Å²) in [6.07, 6.45) is 0.102. The Morgan fingerprint density at radius 3 is 2.44 bits per heavy atom. The Balaban J connectivity index is 1.43. The molecule has 2 aromatic rings. The fourth-order valence-corrected chi connectivity index (χ4v) is 4.04. The largest absolute Gasteiger partial charge is 0.367 e. The molecule has 1 amide bonds. The van der Waals surface area contributed by atoms with Crippen LogP contribution < -0.4 is 15.5 Å². The van der Waals surface area contributed by atoms with E-state index in [1.54, 1.807) is 12.1 Å². The summed E-state index contributed by atoms with van der Waals surface area (Å²) in [7, 11) is 0. The van der Waals surface area contributed by atoms with Crippen LogP contribution in [0.2, 0.25) is 5.02 Å². The lowest BCUT2D eigenvalue weighted by Gasteiger charge is -2.43. The number of nitrogens with zero attached hydrogens (tertiary/aromatic N) is 2. The zero-order chi connectivity index (χ0) is 18.8. The third-order valence-electron chi connectivity index (χ3n) is 5.20. The van der Waals surface area contributed by atoms with Crippen LogP contribution in [0, 0.1) is 5.82 Å². The quantitative estimate of drug-likeness (QED) is 0.848. The van der Waals surface area contributed by atoms with Crippen LogP contribution in [0.5, 0.6) is 0 Å². The van der Waals surface area contributed by atoms with Gasteiger partial charge in [-0.3, -0.25) is 15.0 Å². The Kier molecular flexibility index (Phi) is 5.29. The number of para-hydroxylation sites is 1. The maximum absolute atomic E-state index is 14.0. The van der Waals surface area contributed by atoms with Crippen molar-refractivity contribution in [3.8, 4) is 0 Å². The monoisotopic (exact) mass is 388 g/mol. The molecule has 2 aliphatic rings. The van der Waals surface area contributed by atoms with Crippen molar-refractivity contribution in [3.05, 3.63) is 64.9 Å². The van der Waals surface area contributed by atoms with Gasteiger partial charge in [0.25, 0.3) is 0 Å². The van der Waals surface area contributed by atoms with E-state index >= 15 is 0 Å². The fourth-order valence-electron chi connectivity index (χ4n) is 3.77. The first kappa shape index (κ1) is 18.2. The molecule has 2 unspecified atom stereocenters. The van der Waals surface area contributed by atoms with Crippen molar-refractivity contribution in [1.82, 2.24) is 15.5 Å². The summed E-state index contributed by atoms with van der Waals surface area (Å²) in [6.45, 7) is 2.85. The molecule has 142 valence electrons. The number of carbonyl (C=O) groups excluding carboxylic acids is 1. The van der Waals surface area contributed by atoms with Gasteiger partial charge in [-0.15, -0.1) is 0 Å². The van der Waals surface area contributed by atoms with E-state index in [4.69, 9.17) is 11.6 Å². The number of carbonyl (C=O) groups is 1. The van der Waals surface area contributed by atoms with Crippen molar-refractivity contribution in [1.29, 1.82) is 0 Å². The molecule has 2 aromatic carbocycles. The van der Waals surface area contributed by atoms with Gasteiger partial charge in [-0.1, -0.05) is 41.9 Å². The summed E-state index contributed by atoms with van der Waals surface area (Å²) in [6, 6.07) is 14.3. The smallest absolute Gasteiger partial charge is 0.224 e. The molecule has 0 spiro atoms. The summed E-state index contributed by atoms with van der Waals surface area (Å²) in [4.78, 5) is 16.5. The first-order chi connectivity index (χ1) is 13.1. The molecule has 0 radical (unpaired) electrons. The Bertz CT molecular complexity index is 825. The van der Waals surface area contributed by atoms with Gasteiger partial charge in [-0.25, -0.2) is 4.39 Å². The average molecular weight is 389 g/mol. The number of halogens is 2. The second kappa shape index (κ2) is 7.84. The molecule has 2 heterocycles. The van der Waals surface area contributed by atoms with Gasteiger partial charge >= 0.3 is 0 Å². The van der Waals surface area contributed by atoms with E-state index in [1.807, 2.05) is 35.2 Å². The molecule has 2 saturated heterocycles. The average Bonchev–Trinajstić information content (AvgIpc) is 2.68. The number of benzene rings is 2. The number of rotatable bonds is 3. The first-order valence-corrected chi connectivity index (χ1v) is 9.53. The lowest BCUT2D eigenvalue weighted by Crippen LogP contribution is -2.64. The molecular formula is C20H22ClFN4O. The van der Waals surface area contributed by atoms with Crippen molar-refractivity contribution >= 4 is 23.2 Å². The second-order valence-corrected chi connectivity index (χ2v) is 7.30. The summed E-state index contributed by atoms with van der Waals surface area (Å²) in [5.74, 6) is -0.200. The number of hydrogen-bond donors (Lipinski definition) is 2. The highest BCUT2D eigenvalue weighted by atomic mass is 35.5. The molecule has 27 heavy (non-hydrogen) atoms. The Labute approximate surface area is 163 Å². The molecular weight excluding hydrogens is 367 g/mol. The van der Waals surface area contributed by atoms with E-state index in [0.717, 1.165) is 18.7 Å². The molecule has 0 saturated carbocycles. The first-order valence-electron chi connectivity index (χ1n) is 9.15. The highest BCUT2D eigenvalue weighted by molar-refractivity contribution is 6.31. The van der Waals surface area contributed by atoms with Gasteiger partial charge in [-0.2, -0.15) is 0 Å². The van der Waals surface area contributed by atoms with Crippen LogP contribution in [0.25, 0.3) is 0 Å². The number of nitrogens with one attached hydrogen (secondary N) is 2. The normalized spacial score (nSPS) is 23.9. The zero-order valence-electron chi connectivity index (χ0n) is 14.9. The van der Waals surface area contributed by atoms with Crippen LogP contribution in [-0.4, -0.2) is 43.3 Å². The molecule has 0 aromatic heterocycles. The van der Waals surface area contributed by atoms with Gasteiger partial charge in [0, 0.05) is 43.7 Å². The van der Waals surface area contributed by atoms with Gasteiger partial charge in [0.1, 0.15) is 12.1 Å². The van der Waals surface area contributed by atoms with Gasteiger partial charge in [0.05, 0.1) is 5.69 Å². The van der Waals surface area contributed by atoms with Crippen LogP contribution in [0.15, 0.2) is 48.5 Å². The van der Waals surface area contributed by atoms with Crippen LogP contribution in [-0.2, 0) is 4.79 Å². The van der Waals surface area contributed by atoms with Gasteiger partial charge < -0.3 is 10.2 Å². The van der Waals surface area contributed by atoms with E-state index < -0.39 is 0 Å². The van der Waals surface area contributed by atoms with E-state index in [2.05, 4.69) is 15.5 Å². The van der Waals surface area contributed by atoms with Crippen molar-refractivity contribution in [2.24, 2.45) is 0 Å². The number of hydrogen-bond acceptors (Lipinski definition) is 4. The summed E-state index contributed by atoms with van der Waals surface area (Å²) >= 11 is 6.31. The Hall–Kier alpha value is -2.15. The predicted molar refractivity (Wildman–Crippen MR) is 104 cm³/mol. The molecule has 2 N–H and O–H groups in total. The number of piperazine rings is 1. The lowest BCUT2D eigenvalue weighted by molar-refractivity contribution is -0.127. The van der Waals surface area contributed by atoms with Crippen molar-refractivity contribution in [3.63, 3.8) is 0 Å². The second-order valence-electron chi connectivity index (χ2n) is 6.89. The summed E-state index contributed by atoms with van der Waals surface area (Å²) in [5.41, 5.74) is 1.57. The number of amides is 1. The molecule has 7 heteroatoms. The van der Waals surface area contributed by atoms with Crippen molar-refractivity contribution in [2.75, 3.05) is 31.1 Å². The highest BCUT2D eigenvalue weighted by Gasteiger charge is 2.33. The molecule has 4 rings (SSSR count). The lowest BCUT2D eigenvalue weighted by atomic mass is 10.0. The standard InChI is InChI=1S/C20H22ClFN4O/c21-15-6-2-1-5-14(15)17-13-19(27)24-20(23-17)26-11-9-25(10-12-26)18-8-4-3-7-16(18)22/h1-8,17,20,23H,9-13H2,(H,24,27). The molecule has 2 atom stereocenters. The molecule has 2 fully saturated rings. The minimum Gasteiger partial charge on any atom is -0.367 e.